The summed E-state index contributed by atoms with van der Waals surface area (Å²) >= 11 is 6.26. The standard InChI is InChI=1S/C24H30ClN5O2/c1-2-7-30-15-19(21-10-20(25)3-4-22(21)30)12-26-11-17-5-8-29(9-6-17)24-27-13-18(14-28-24)23(32)16-31/h3-4,10,13-15,17,26,31H,2,5-9,11-12,16H2,1H3. The van der Waals surface area contributed by atoms with Gasteiger partial charge in [-0.3, -0.25) is 4.79 Å². The van der Waals surface area contributed by atoms with Gasteiger partial charge >= 0.3 is 0 Å². The molecule has 2 N–H and O–H groups in total. The topological polar surface area (TPSA) is 83.3 Å². The van der Waals surface area contributed by atoms with E-state index in [-0.39, 0.29) is 5.78 Å². The van der Waals surface area contributed by atoms with Crippen molar-refractivity contribution in [1.82, 2.24) is 19.9 Å². The molecule has 0 aliphatic carbocycles. The van der Waals surface area contributed by atoms with Crippen LogP contribution in [0.3, 0.4) is 0 Å². The van der Waals surface area contributed by atoms with Crippen LogP contribution in [0, 0.1) is 5.92 Å². The van der Waals surface area contributed by atoms with Crippen LogP contribution < -0.4 is 10.2 Å². The fourth-order valence-electron chi connectivity index (χ4n) is 4.38. The van der Waals surface area contributed by atoms with E-state index in [1.807, 2.05) is 6.07 Å². The van der Waals surface area contributed by atoms with E-state index in [4.69, 9.17) is 16.7 Å². The number of anilines is 1. The zero-order valence-corrected chi connectivity index (χ0v) is 19.2. The summed E-state index contributed by atoms with van der Waals surface area (Å²) < 4.78 is 2.32. The summed E-state index contributed by atoms with van der Waals surface area (Å²) in [6, 6.07) is 6.14. The van der Waals surface area contributed by atoms with Crippen LogP contribution in [0.4, 0.5) is 5.95 Å². The number of Topliss-reactive ketones (excluding diaryl/α,β-unsaturated/α-hetero) is 1. The predicted molar refractivity (Wildman–Crippen MR) is 127 cm³/mol. The maximum Gasteiger partial charge on any atom is 0.225 e. The fourth-order valence-corrected chi connectivity index (χ4v) is 4.55. The summed E-state index contributed by atoms with van der Waals surface area (Å²) in [6.45, 7) is 6.27. The Morgan fingerprint density at radius 3 is 2.69 bits per heavy atom. The van der Waals surface area contributed by atoms with Gasteiger partial charge in [-0.05, 0) is 55.5 Å². The molecule has 8 heteroatoms. The van der Waals surface area contributed by atoms with Gasteiger partial charge in [0.05, 0.1) is 5.56 Å². The average Bonchev–Trinajstić information content (AvgIpc) is 3.16. The first-order valence-corrected chi connectivity index (χ1v) is 11.7. The second kappa shape index (κ2) is 10.4. The number of aliphatic hydroxyl groups is 1. The van der Waals surface area contributed by atoms with Gasteiger partial charge in [0.25, 0.3) is 0 Å². The number of aryl methyl sites for hydroxylation is 1. The van der Waals surface area contributed by atoms with Crippen molar-refractivity contribution in [3.05, 3.63) is 52.9 Å². The van der Waals surface area contributed by atoms with Gasteiger partial charge in [-0.25, -0.2) is 9.97 Å². The van der Waals surface area contributed by atoms with Crippen LogP contribution in [0.5, 0.6) is 0 Å². The van der Waals surface area contributed by atoms with Crippen LogP contribution in [0.25, 0.3) is 10.9 Å². The fraction of sp³-hybridized carbons (Fsp3) is 0.458. The second-order valence-electron chi connectivity index (χ2n) is 8.42. The van der Waals surface area contributed by atoms with E-state index in [0.717, 1.165) is 57.0 Å². The number of carbonyl (C=O) groups excluding carboxylic acids is 1. The number of rotatable bonds is 9. The molecule has 4 rings (SSSR count). The molecule has 1 fully saturated rings. The second-order valence-corrected chi connectivity index (χ2v) is 8.86. The Morgan fingerprint density at radius 2 is 2.00 bits per heavy atom. The molecule has 3 aromatic rings. The number of hydrogen-bond acceptors (Lipinski definition) is 6. The third-order valence-corrected chi connectivity index (χ3v) is 6.37. The molecule has 7 nitrogen and oxygen atoms in total. The number of ketones is 1. The predicted octanol–water partition coefficient (Wildman–Crippen LogP) is 3.68. The van der Waals surface area contributed by atoms with E-state index in [0.29, 0.717) is 17.4 Å². The lowest BCUT2D eigenvalue weighted by Crippen LogP contribution is -2.38. The minimum atomic E-state index is -0.521. The smallest absolute Gasteiger partial charge is 0.225 e. The van der Waals surface area contributed by atoms with Gasteiger partial charge in [-0.15, -0.1) is 0 Å². The summed E-state index contributed by atoms with van der Waals surface area (Å²) in [5, 5.41) is 14.6. The Hall–Kier alpha value is -2.48. The van der Waals surface area contributed by atoms with Crippen molar-refractivity contribution in [3.8, 4) is 0 Å². The summed E-state index contributed by atoms with van der Waals surface area (Å²) in [5.41, 5.74) is 2.88. The number of nitrogens with one attached hydrogen (secondary N) is 1. The molecule has 0 bridgehead atoms. The Bertz CT molecular complexity index is 1060. The number of piperidine rings is 1. The summed E-state index contributed by atoms with van der Waals surface area (Å²) in [4.78, 5) is 22.3. The number of benzene rings is 1. The van der Waals surface area contributed by atoms with Gasteiger partial charge in [-0.2, -0.15) is 0 Å². The van der Waals surface area contributed by atoms with Crippen molar-refractivity contribution in [2.75, 3.05) is 31.1 Å². The number of fused-ring (bicyclic) bond motifs is 1. The minimum absolute atomic E-state index is 0.344. The Balaban J connectivity index is 1.29. The molecule has 1 aliphatic rings. The molecular weight excluding hydrogens is 426 g/mol. The van der Waals surface area contributed by atoms with E-state index in [1.54, 1.807) is 0 Å². The molecule has 0 atom stereocenters. The Morgan fingerprint density at radius 1 is 1.25 bits per heavy atom. The van der Waals surface area contributed by atoms with Gasteiger partial charge < -0.3 is 19.9 Å². The Kier molecular flexibility index (Phi) is 7.40. The molecular formula is C24H30ClN5O2. The maximum atomic E-state index is 11.5. The largest absolute Gasteiger partial charge is 0.388 e. The highest BCUT2D eigenvalue weighted by atomic mass is 35.5. The van der Waals surface area contributed by atoms with Crippen molar-refractivity contribution in [1.29, 1.82) is 0 Å². The highest BCUT2D eigenvalue weighted by Gasteiger charge is 2.21. The van der Waals surface area contributed by atoms with Gasteiger partial charge in [0, 0.05) is 60.7 Å². The van der Waals surface area contributed by atoms with Crippen molar-refractivity contribution in [3.63, 3.8) is 0 Å². The van der Waals surface area contributed by atoms with Crippen molar-refractivity contribution < 1.29 is 9.90 Å². The van der Waals surface area contributed by atoms with Crippen molar-refractivity contribution >= 4 is 34.2 Å². The lowest BCUT2D eigenvalue weighted by molar-refractivity contribution is 0.0903. The lowest BCUT2D eigenvalue weighted by atomic mass is 9.97. The molecule has 2 aromatic heterocycles. The van der Waals surface area contributed by atoms with E-state index in [9.17, 15) is 4.79 Å². The Labute approximate surface area is 193 Å². The van der Waals surface area contributed by atoms with E-state index in [2.05, 4.69) is 50.0 Å². The maximum absolute atomic E-state index is 11.5. The minimum Gasteiger partial charge on any atom is -0.388 e. The third kappa shape index (κ3) is 5.11. The van der Waals surface area contributed by atoms with E-state index >= 15 is 0 Å². The quantitative estimate of drug-likeness (QED) is 0.479. The van der Waals surface area contributed by atoms with E-state index in [1.165, 1.54) is 28.9 Å². The first-order valence-electron chi connectivity index (χ1n) is 11.3. The van der Waals surface area contributed by atoms with Crippen LogP contribution >= 0.6 is 11.6 Å². The molecule has 1 saturated heterocycles. The number of aliphatic hydroxyl groups excluding tert-OH is 1. The number of carbonyl (C=O) groups is 1. The highest BCUT2D eigenvalue weighted by molar-refractivity contribution is 6.31. The molecule has 3 heterocycles. The molecule has 1 aromatic carbocycles. The summed E-state index contributed by atoms with van der Waals surface area (Å²) in [7, 11) is 0. The molecule has 32 heavy (non-hydrogen) atoms. The molecule has 0 radical (unpaired) electrons. The number of halogens is 1. The van der Waals surface area contributed by atoms with Crippen LogP contribution in [0.15, 0.2) is 36.8 Å². The highest BCUT2D eigenvalue weighted by Crippen LogP contribution is 2.26. The lowest BCUT2D eigenvalue weighted by Gasteiger charge is -2.32. The van der Waals surface area contributed by atoms with E-state index < -0.39 is 6.61 Å². The first-order chi connectivity index (χ1) is 15.6. The van der Waals surface area contributed by atoms with Crippen LogP contribution in [-0.4, -0.2) is 51.7 Å². The normalized spacial score (nSPS) is 14.9. The monoisotopic (exact) mass is 455 g/mol. The first kappa shape index (κ1) is 22.7. The number of nitrogens with zero attached hydrogens (tertiary/aromatic N) is 4. The van der Waals surface area contributed by atoms with Crippen LogP contribution in [-0.2, 0) is 13.1 Å². The third-order valence-electron chi connectivity index (χ3n) is 6.14. The summed E-state index contributed by atoms with van der Waals surface area (Å²) in [6.07, 6.45) is 8.48. The van der Waals surface area contributed by atoms with Crippen LogP contribution in [0.2, 0.25) is 5.02 Å². The molecule has 0 spiro atoms. The van der Waals surface area contributed by atoms with Crippen molar-refractivity contribution in [2.45, 2.75) is 39.3 Å². The van der Waals surface area contributed by atoms with Gasteiger partial charge in [0.2, 0.25) is 5.95 Å². The van der Waals surface area contributed by atoms with Gasteiger partial charge in [-0.1, -0.05) is 18.5 Å². The molecule has 0 saturated carbocycles. The number of hydrogen-bond donors (Lipinski definition) is 2. The number of aromatic nitrogens is 3. The molecule has 1 aliphatic heterocycles. The van der Waals surface area contributed by atoms with Gasteiger partial charge in [0.1, 0.15) is 6.61 Å². The molecule has 0 amide bonds. The van der Waals surface area contributed by atoms with Crippen molar-refractivity contribution in [2.24, 2.45) is 5.92 Å². The summed E-state index contributed by atoms with van der Waals surface area (Å²) in [5.74, 6) is 0.891. The SMILES string of the molecule is CCCn1cc(CNCC2CCN(c3ncc(C(=O)CO)cn3)CC2)c2cc(Cl)ccc21. The average molecular weight is 456 g/mol. The molecule has 170 valence electrons. The zero-order valence-electron chi connectivity index (χ0n) is 18.4. The van der Waals surface area contributed by atoms with Gasteiger partial charge in [0.15, 0.2) is 5.78 Å². The molecule has 0 unspecified atom stereocenters. The van der Waals surface area contributed by atoms with Crippen LogP contribution in [0.1, 0.15) is 42.1 Å². The zero-order chi connectivity index (χ0) is 22.5.